The quantitative estimate of drug-likeness (QED) is 0.566. The van der Waals surface area contributed by atoms with E-state index in [1.165, 1.54) is 11.8 Å². The first-order valence-corrected chi connectivity index (χ1v) is 10.6. The van der Waals surface area contributed by atoms with Crippen molar-refractivity contribution in [2.75, 3.05) is 18.8 Å². The number of aromatic nitrogens is 6. The van der Waals surface area contributed by atoms with E-state index in [1.54, 1.807) is 11.7 Å². The lowest BCUT2D eigenvalue weighted by molar-refractivity contribution is -0.130. The molecule has 1 aromatic carbocycles. The average molecular weight is 414 g/mol. The van der Waals surface area contributed by atoms with Gasteiger partial charge in [0.1, 0.15) is 0 Å². The Morgan fingerprint density at radius 2 is 2.21 bits per heavy atom. The van der Waals surface area contributed by atoms with E-state index < -0.39 is 0 Å². The molecule has 9 nitrogen and oxygen atoms in total. The highest BCUT2D eigenvalue weighted by atomic mass is 32.2. The fourth-order valence-electron chi connectivity index (χ4n) is 3.54. The van der Waals surface area contributed by atoms with Gasteiger partial charge in [0.05, 0.1) is 5.75 Å². The van der Waals surface area contributed by atoms with Crippen LogP contribution >= 0.6 is 11.8 Å². The van der Waals surface area contributed by atoms with Gasteiger partial charge in [0.15, 0.2) is 0 Å². The van der Waals surface area contributed by atoms with Crippen LogP contribution in [-0.4, -0.2) is 60.0 Å². The number of carbonyl (C=O) groups is 1. The Labute approximate surface area is 172 Å². The Balaban J connectivity index is 1.34. The van der Waals surface area contributed by atoms with Crippen molar-refractivity contribution in [3.63, 3.8) is 0 Å². The third-order valence-electron chi connectivity index (χ3n) is 5.10. The summed E-state index contributed by atoms with van der Waals surface area (Å²) in [5.74, 6) is 2.00. The normalized spacial score (nSPS) is 16.9. The van der Waals surface area contributed by atoms with Gasteiger partial charge in [-0.05, 0) is 41.7 Å². The van der Waals surface area contributed by atoms with Crippen LogP contribution in [0.4, 0.5) is 0 Å². The zero-order valence-corrected chi connectivity index (χ0v) is 17.3. The van der Waals surface area contributed by atoms with Crippen molar-refractivity contribution in [1.82, 2.24) is 35.2 Å². The van der Waals surface area contributed by atoms with Gasteiger partial charge in [0.2, 0.25) is 22.8 Å². The monoisotopic (exact) mass is 413 g/mol. The van der Waals surface area contributed by atoms with Gasteiger partial charge in [-0.25, -0.2) is 4.68 Å². The predicted molar refractivity (Wildman–Crippen MR) is 107 cm³/mol. The Kier molecular flexibility index (Phi) is 5.89. The molecule has 152 valence electrons. The Morgan fingerprint density at radius 1 is 1.34 bits per heavy atom. The molecule has 2 aromatic heterocycles. The summed E-state index contributed by atoms with van der Waals surface area (Å²) in [6.07, 6.45) is 2.71. The maximum absolute atomic E-state index is 12.6. The summed E-state index contributed by atoms with van der Waals surface area (Å²) < 4.78 is 7.06. The number of amides is 1. The number of benzene rings is 1. The second-order valence-electron chi connectivity index (χ2n) is 7.25. The van der Waals surface area contributed by atoms with Crippen molar-refractivity contribution in [2.24, 2.45) is 13.0 Å². The van der Waals surface area contributed by atoms with Gasteiger partial charge < -0.3 is 9.42 Å². The second kappa shape index (κ2) is 8.73. The highest BCUT2D eigenvalue weighted by molar-refractivity contribution is 7.99. The van der Waals surface area contributed by atoms with Gasteiger partial charge in [0, 0.05) is 32.1 Å². The number of aryl methyl sites for hydroxylation is 2. The molecule has 1 aliphatic heterocycles. The highest BCUT2D eigenvalue weighted by Crippen LogP contribution is 2.24. The molecule has 0 radical (unpaired) electrons. The summed E-state index contributed by atoms with van der Waals surface area (Å²) in [6.45, 7) is 3.52. The van der Waals surface area contributed by atoms with Gasteiger partial charge in [0.25, 0.3) is 0 Å². The second-order valence-corrected chi connectivity index (χ2v) is 8.20. The van der Waals surface area contributed by atoms with Gasteiger partial charge in [-0.15, -0.1) is 5.10 Å². The molecule has 1 unspecified atom stereocenters. The lowest BCUT2D eigenvalue weighted by Crippen LogP contribution is -2.41. The number of hydrogen-bond acceptors (Lipinski definition) is 8. The number of hydrogen-bond donors (Lipinski definition) is 0. The van der Waals surface area contributed by atoms with Crippen LogP contribution in [0.15, 0.2) is 33.9 Å². The number of thioether (sulfide) groups is 1. The molecule has 1 atom stereocenters. The van der Waals surface area contributed by atoms with Crippen molar-refractivity contribution in [1.29, 1.82) is 0 Å². The minimum absolute atomic E-state index is 0.105. The van der Waals surface area contributed by atoms with Crippen LogP contribution in [0.1, 0.15) is 24.3 Å². The van der Waals surface area contributed by atoms with E-state index in [0.717, 1.165) is 30.5 Å². The molecule has 0 N–H and O–H groups in total. The summed E-state index contributed by atoms with van der Waals surface area (Å²) in [7, 11) is 1.76. The minimum Gasteiger partial charge on any atom is -0.342 e. The Bertz CT molecular complexity index is 986. The zero-order valence-electron chi connectivity index (χ0n) is 16.5. The molecule has 1 saturated heterocycles. The molecular formula is C19H23N7O2S. The Morgan fingerprint density at radius 3 is 3.00 bits per heavy atom. The first-order chi connectivity index (χ1) is 14.1. The average Bonchev–Trinajstić information content (AvgIpc) is 3.35. The first-order valence-electron chi connectivity index (χ1n) is 9.61. The fraction of sp³-hybridized carbons (Fsp3) is 0.474. The van der Waals surface area contributed by atoms with Crippen molar-refractivity contribution in [3.8, 4) is 11.4 Å². The van der Waals surface area contributed by atoms with Crippen LogP contribution in [0.3, 0.4) is 0 Å². The van der Waals surface area contributed by atoms with E-state index in [0.29, 0.717) is 41.5 Å². The highest BCUT2D eigenvalue weighted by Gasteiger charge is 2.26. The van der Waals surface area contributed by atoms with Crippen LogP contribution < -0.4 is 0 Å². The zero-order chi connectivity index (χ0) is 20.2. The smallest absolute Gasteiger partial charge is 0.233 e. The summed E-state index contributed by atoms with van der Waals surface area (Å²) in [4.78, 5) is 19.1. The van der Waals surface area contributed by atoms with Crippen LogP contribution in [0.5, 0.6) is 0 Å². The van der Waals surface area contributed by atoms with E-state index in [-0.39, 0.29) is 5.91 Å². The van der Waals surface area contributed by atoms with Crippen molar-refractivity contribution < 1.29 is 9.32 Å². The van der Waals surface area contributed by atoms with E-state index in [4.69, 9.17) is 4.52 Å². The molecule has 1 amide bonds. The largest absolute Gasteiger partial charge is 0.342 e. The van der Waals surface area contributed by atoms with Gasteiger partial charge in [-0.1, -0.05) is 41.2 Å². The van der Waals surface area contributed by atoms with Crippen LogP contribution in [0.25, 0.3) is 11.4 Å². The molecule has 1 fully saturated rings. The summed E-state index contributed by atoms with van der Waals surface area (Å²) in [5.41, 5.74) is 2.10. The standard InChI is InChI=1S/C19H23N7O2S/c1-13-6-3-4-8-15(13)18-20-16(28-22-18)10-14-7-5-9-26(11-14)17(27)12-29-19-21-23-24-25(19)2/h3-4,6,8,14H,5,7,9-12H2,1-2H3. The SMILES string of the molecule is Cc1ccccc1-c1noc(CC2CCCN(C(=O)CSc3nnnn3C)C2)n1. The van der Waals surface area contributed by atoms with E-state index in [1.807, 2.05) is 36.1 Å². The van der Waals surface area contributed by atoms with Crippen LogP contribution in [0.2, 0.25) is 0 Å². The number of tetrazole rings is 1. The first kappa shape index (κ1) is 19.6. The molecule has 4 rings (SSSR count). The fourth-order valence-corrected chi connectivity index (χ4v) is 4.29. The van der Waals surface area contributed by atoms with E-state index >= 15 is 0 Å². The predicted octanol–water partition coefficient (Wildman–Crippen LogP) is 2.14. The van der Waals surface area contributed by atoms with Crippen LogP contribution in [-0.2, 0) is 18.3 Å². The maximum atomic E-state index is 12.6. The molecule has 3 aromatic rings. The topological polar surface area (TPSA) is 103 Å². The minimum atomic E-state index is 0.105. The molecule has 10 heteroatoms. The molecule has 0 bridgehead atoms. The molecule has 0 saturated carbocycles. The maximum Gasteiger partial charge on any atom is 0.233 e. The number of nitrogens with zero attached hydrogens (tertiary/aromatic N) is 7. The number of likely N-dealkylation sites (tertiary alicyclic amines) is 1. The van der Waals surface area contributed by atoms with E-state index in [9.17, 15) is 4.79 Å². The lowest BCUT2D eigenvalue weighted by atomic mass is 9.95. The molecule has 0 aliphatic carbocycles. The van der Waals surface area contributed by atoms with Crippen molar-refractivity contribution in [2.45, 2.75) is 31.3 Å². The molecule has 1 aliphatic rings. The van der Waals surface area contributed by atoms with Gasteiger partial charge in [-0.3, -0.25) is 4.79 Å². The van der Waals surface area contributed by atoms with Crippen LogP contribution in [0, 0.1) is 12.8 Å². The number of rotatable bonds is 6. The molecule has 0 spiro atoms. The van der Waals surface area contributed by atoms with Gasteiger partial charge >= 0.3 is 0 Å². The lowest BCUT2D eigenvalue weighted by Gasteiger charge is -2.32. The van der Waals surface area contributed by atoms with E-state index in [2.05, 4.69) is 25.7 Å². The molecular weight excluding hydrogens is 390 g/mol. The third-order valence-corrected chi connectivity index (χ3v) is 6.09. The molecule has 3 heterocycles. The number of carbonyl (C=O) groups excluding carboxylic acids is 1. The van der Waals surface area contributed by atoms with Crippen molar-refractivity contribution >= 4 is 17.7 Å². The summed E-state index contributed by atoms with van der Waals surface area (Å²) >= 11 is 1.36. The Hall–Kier alpha value is -2.75. The van der Waals surface area contributed by atoms with Gasteiger partial charge in [-0.2, -0.15) is 4.98 Å². The number of piperidine rings is 1. The van der Waals surface area contributed by atoms with Crippen molar-refractivity contribution in [3.05, 3.63) is 35.7 Å². The third kappa shape index (κ3) is 4.64. The summed E-state index contributed by atoms with van der Waals surface area (Å²) in [6, 6.07) is 7.99. The molecule has 29 heavy (non-hydrogen) atoms. The summed E-state index contributed by atoms with van der Waals surface area (Å²) in [5, 5.41) is 16.1.